The minimum Gasteiger partial charge on any atom is -0.350 e. The second-order valence-corrected chi connectivity index (χ2v) is 8.75. The van der Waals surface area contributed by atoms with Gasteiger partial charge in [-0.05, 0) is 25.0 Å². The summed E-state index contributed by atoms with van der Waals surface area (Å²) in [6.45, 7) is 0.0995. The fourth-order valence-corrected chi connectivity index (χ4v) is 3.78. The van der Waals surface area contributed by atoms with Gasteiger partial charge in [0.2, 0.25) is 0 Å². The van der Waals surface area contributed by atoms with E-state index in [9.17, 15) is 13.2 Å². The molecule has 2 aromatic rings. The zero-order valence-electron chi connectivity index (χ0n) is 13.9. The molecule has 2 heterocycles. The first-order valence-corrected chi connectivity index (χ1v) is 10.4. The van der Waals surface area contributed by atoms with Crippen LogP contribution in [0.2, 0.25) is 0 Å². The van der Waals surface area contributed by atoms with Crippen LogP contribution in [0.5, 0.6) is 0 Å². The van der Waals surface area contributed by atoms with Crippen molar-refractivity contribution in [2.24, 2.45) is 0 Å². The molecule has 6 nitrogen and oxygen atoms in total. The molecule has 1 fully saturated rings. The number of hydrogen-bond acceptors (Lipinski definition) is 4. The van der Waals surface area contributed by atoms with Crippen molar-refractivity contribution in [1.82, 2.24) is 14.7 Å². The number of pyridine rings is 1. The Bertz CT molecular complexity index is 836. The number of rotatable bonds is 5. The monoisotopic (exact) mass is 349 g/mol. The first kappa shape index (κ1) is 17.0. The Labute approximate surface area is 142 Å². The second-order valence-electron chi connectivity index (χ2n) is 6.50. The van der Waals surface area contributed by atoms with Gasteiger partial charge in [-0.3, -0.25) is 4.79 Å². The van der Waals surface area contributed by atoms with E-state index in [1.54, 1.807) is 0 Å². The third-order valence-electron chi connectivity index (χ3n) is 4.52. The highest BCUT2D eigenvalue weighted by Gasteiger charge is 2.24. The van der Waals surface area contributed by atoms with E-state index in [1.165, 1.54) is 19.3 Å². The minimum absolute atomic E-state index is 0.0694. The highest BCUT2D eigenvalue weighted by Crippen LogP contribution is 2.33. The zero-order chi connectivity index (χ0) is 17.2. The van der Waals surface area contributed by atoms with Crippen molar-refractivity contribution in [2.45, 2.75) is 38.0 Å². The van der Waals surface area contributed by atoms with Gasteiger partial charge in [-0.2, -0.15) is 0 Å². The molecule has 0 atom stereocenters. The normalized spacial score (nSPS) is 16.4. The second kappa shape index (κ2) is 6.93. The Morgan fingerprint density at radius 1 is 1.29 bits per heavy atom. The first-order chi connectivity index (χ1) is 11.5. The number of carbonyl (C=O) groups excluding carboxylic acids is 1. The lowest BCUT2D eigenvalue weighted by Gasteiger charge is -2.20. The number of nitrogens with one attached hydrogen (secondary N) is 1. The maximum absolute atomic E-state index is 12.5. The van der Waals surface area contributed by atoms with E-state index in [2.05, 4.69) is 10.3 Å². The number of nitrogens with zero attached hydrogens (tertiary/aromatic N) is 2. The summed E-state index contributed by atoms with van der Waals surface area (Å²) < 4.78 is 24.4. The van der Waals surface area contributed by atoms with Crippen molar-refractivity contribution in [2.75, 3.05) is 18.6 Å². The Morgan fingerprint density at radius 3 is 2.75 bits per heavy atom. The smallest absolute Gasteiger partial charge is 0.272 e. The number of imidazole rings is 1. The predicted octanol–water partition coefficient (Wildman–Crippen LogP) is 2.16. The fourth-order valence-electron chi connectivity index (χ4n) is 3.31. The average Bonchev–Trinajstić information content (AvgIpc) is 2.94. The number of carbonyl (C=O) groups is 1. The summed E-state index contributed by atoms with van der Waals surface area (Å²) in [7, 11) is -3.10. The molecule has 0 saturated heterocycles. The molecule has 1 aliphatic carbocycles. The van der Waals surface area contributed by atoms with Crippen LogP contribution in [-0.2, 0) is 9.84 Å². The van der Waals surface area contributed by atoms with Gasteiger partial charge in [0, 0.05) is 24.9 Å². The zero-order valence-corrected chi connectivity index (χ0v) is 14.7. The number of hydrogen-bond donors (Lipinski definition) is 1. The van der Waals surface area contributed by atoms with E-state index >= 15 is 0 Å². The van der Waals surface area contributed by atoms with Crippen LogP contribution >= 0.6 is 0 Å². The van der Waals surface area contributed by atoms with Crippen LogP contribution in [0, 0.1) is 0 Å². The molecule has 1 saturated carbocycles. The van der Waals surface area contributed by atoms with E-state index < -0.39 is 9.84 Å². The molecular weight excluding hydrogens is 326 g/mol. The van der Waals surface area contributed by atoms with Gasteiger partial charge in [0.1, 0.15) is 15.7 Å². The molecule has 0 aromatic carbocycles. The van der Waals surface area contributed by atoms with Gasteiger partial charge in [-0.25, -0.2) is 13.4 Å². The first-order valence-electron chi connectivity index (χ1n) is 8.38. The lowest BCUT2D eigenvalue weighted by molar-refractivity contribution is 0.0953. The molecule has 1 aliphatic rings. The van der Waals surface area contributed by atoms with E-state index in [0.29, 0.717) is 11.6 Å². The topological polar surface area (TPSA) is 80.5 Å². The molecule has 0 aliphatic heterocycles. The van der Waals surface area contributed by atoms with Gasteiger partial charge in [-0.1, -0.05) is 25.3 Å². The summed E-state index contributed by atoms with van der Waals surface area (Å²) in [6.07, 6.45) is 8.96. The highest BCUT2D eigenvalue weighted by atomic mass is 32.2. The Balaban J connectivity index is 1.86. The van der Waals surface area contributed by atoms with Gasteiger partial charge in [0.15, 0.2) is 5.69 Å². The largest absolute Gasteiger partial charge is 0.350 e. The van der Waals surface area contributed by atoms with Crippen LogP contribution in [0.4, 0.5) is 0 Å². The van der Waals surface area contributed by atoms with Gasteiger partial charge in [0.05, 0.1) is 11.3 Å². The van der Waals surface area contributed by atoms with Crippen LogP contribution in [0.3, 0.4) is 0 Å². The molecule has 0 radical (unpaired) electrons. The number of amides is 1. The lowest BCUT2D eigenvalue weighted by Crippen LogP contribution is -2.29. The Morgan fingerprint density at radius 2 is 2.04 bits per heavy atom. The van der Waals surface area contributed by atoms with Crippen LogP contribution < -0.4 is 5.32 Å². The maximum atomic E-state index is 12.5. The van der Waals surface area contributed by atoms with Crippen LogP contribution in [0.15, 0.2) is 24.4 Å². The maximum Gasteiger partial charge on any atom is 0.272 e. The SMILES string of the molecule is CS(=O)(=O)CCNC(=O)c1nc(C2CCCCC2)n2ccccc12. The van der Waals surface area contributed by atoms with Crippen molar-refractivity contribution < 1.29 is 13.2 Å². The molecular formula is C17H23N3O3S. The van der Waals surface area contributed by atoms with Gasteiger partial charge in [-0.15, -0.1) is 0 Å². The molecule has 0 unspecified atom stereocenters. The molecule has 1 amide bonds. The summed E-state index contributed by atoms with van der Waals surface area (Å²) in [6, 6.07) is 5.70. The summed E-state index contributed by atoms with van der Waals surface area (Å²) in [4.78, 5) is 17.1. The third kappa shape index (κ3) is 3.77. The number of sulfone groups is 1. The van der Waals surface area contributed by atoms with Crippen molar-refractivity contribution in [1.29, 1.82) is 0 Å². The van der Waals surface area contributed by atoms with Gasteiger partial charge >= 0.3 is 0 Å². The van der Waals surface area contributed by atoms with Crippen molar-refractivity contribution in [3.63, 3.8) is 0 Å². The van der Waals surface area contributed by atoms with Gasteiger partial charge in [0.25, 0.3) is 5.91 Å². The van der Waals surface area contributed by atoms with E-state index in [1.807, 2.05) is 28.8 Å². The summed E-state index contributed by atoms with van der Waals surface area (Å²) >= 11 is 0. The predicted molar refractivity (Wildman–Crippen MR) is 93.1 cm³/mol. The molecule has 130 valence electrons. The summed E-state index contributed by atoms with van der Waals surface area (Å²) in [5.74, 6) is 0.939. The van der Waals surface area contributed by atoms with Crippen molar-refractivity contribution in [3.8, 4) is 0 Å². The van der Waals surface area contributed by atoms with E-state index in [0.717, 1.165) is 30.4 Å². The van der Waals surface area contributed by atoms with Gasteiger partial charge < -0.3 is 9.72 Å². The Hall–Kier alpha value is -1.89. The standard InChI is InChI=1S/C17H23N3O3S/c1-24(22,23)12-10-18-17(21)15-14-9-5-6-11-20(14)16(19-15)13-7-3-2-4-8-13/h5-6,9,11,13H,2-4,7-8,10,12H2,1H3,(H,18,21). The minimum atomic E-state index is -3.10. The molecule has 2 aromatic heterocycles. The van der Waals surface area contributed by atoms with E-state index in [-0.39, 0.29) is 18.2 Å². The molecule has 24 heavy (non-hydrogen) atoms. The molecule has 0 bridgehead atoms. The molecule has 1 N–H and O–H groups in total. The lowest BCUT2D eigenvalue weighted by atomic mass is 9.89. The number of aromatic nitrogens is 2. The van der Waals surface area contributed by atoms with Crippen molar-refractivity contribution >= 4 is 21.3 Å². The van der Waals surface area contributed by atoms with Crippen molar-refractivity contribution in [3.05, 3.63) is 35.9 Å². The van der Waals surface area contributed by atoms with Crippen LogP contribution in [-0.4, -0.2) is 42.3 Å². The van der Waals surface area contributed by atoms with E-state index in [4.69, 9.17) is 0 Å². The summed E-state index contributed by atoms with van der Waals surface area (Å²) in [5.41, 5.74) is 1.15. The van der Waals surface area contributed by atoms with Crippen LogP contribution in [0.1, 0.15) is 54.3 Å². The molecule has 7 heteroatoms. The quantitative estimate of drug-likeness (QED) is 0.897. The summed E-state index contributed by atoms with van der Waals surface area (Å²) in [5, 5.41) is 2.67. The molecule has 3 rings (SSSR count). The third-order valence-corrected chi connectivity index (χ3v) is 5.47. The highest BCUT2D eigenvalue weighted by molar-refractivity contribution is 7.90. The van der Waals surface area contributed by atoms with Crippen LogP contribution in [0.25, 0.3) is 5.52 Å². The Kier molecular flexibility index (Phi) is 4.89. The number of fused-ring (bicyclic) bond motifs is 1. The average molecular weight is 349 g/mol. The molecule has 0 spiro atoms. The fraction of sp³-hybridized carbons (Fsp3) is 0.529.